The van der Waals surface area contributed by atoms with Crippen molar-refractivity contribution in [3.05, 3.63) is 60.8 Å². The first-order valence-electron chi connectivity index (χ1n) is 23.0. The number of amides is 1. The van der Waals surface area contributed by atoms with Crippen LogP contribution in [0.5, 0.6) is 0 Å². The third kappa shape index (κ3) is 41.1. The molecule has 4 heteroatoms. The maximum absolute atomic E-state index is 12.4. The van der Waals surface area contributed by atoms with E-state index in [-0.39, 0.29) is 12.5 Å². The Morgan fingerprint density at radius 2 is 0.830 bits per heavy atom. The number of unbranched alkanes of at least 4 members (excludes halogenated alkanes) is 24. The summed E-state index contributed by atoms with van der Waals surface area (Å²) in [5, 5.41) is 23.1. The fourth-order valence-corrected chi connectivity index (χ4v) is 6.80. The van der Waals surface area contributed by atoms with Crippen LogP contribution in [0, 0.1) is 0 Å². The average Bonchev–Trinajstić information content (AvgIpc) is 3.16. The van der Waals surface area contributed by atoms with E-state index in [4.69, 9.17) is 0 Å². The lowest BCUT2D eigenvalue weighted by atomic mass is 10.0. The monoisotopic (exact) mass is 740 g/mol. The smallest absolute Gasteiger partial charge is 0.220 e. The van der Waals surface area contributed by atoms with Crippen LogP contribution in [-0.4, -0.2) is 34.9 Å². The lowest BCUT2D eigenvalue weighted by molar-refractivity contribution is -0.123. The molecule has 0 rings (SSSR count). The Balaban J connectivity index is 3.47. The van der Waals surface area contributed by atoms with Crippen LogP contribution in [0.15, 0.2) is 60.8 Å². The van der Waals surface area contributed by atoms with E-state index in [9.17, 15) is 15.0 Å². The van der Waals surface area contributed by atoms with Gasteiger partial charge in [-0.3, -0.25) is 4.79 Å². The fraction of sp³-hybridized carbons (Fsp3) is 0.776. The average molecular weight is 740 g/mol. The van der Waals surface area contributed by atoms with Crippen LogP contribution in [0.2, 0.25) is 0 Å². The highest BCUT2D eigenvalue weighted by molar-refractivity contribution is 5.76. The van der Waals surface area contributed by atoms with Crippen LogP contribution in [-0.2, 0) is 4.79 Å². The Labute approximate surface area is 330 Å². The van der Waals surface area contributed by atoms with E-state index in [0.29, 0.717) is 12.8 Å². The van der Waals surface area contributed by atoms with E-state index in [1.807, 2.05) is 0 Å². The van der Waals surface area contributed by atoms with Gasteiger partial charge in [-0.05, 0) is 57.8 Å². The highest BCUT2D eigenvalue weighted by Gasteiger charge is 2.20. The standard InChI is InChI=1S/C49H89NO3/c1-3-5-7-9-11-13-15-16-17-18-19-20-21-22-23-24-25-26-27-28-29-30-31-32-33-34-35-37-39-41-43-45-49(53)50-47(46-51)48(52)44-42-40-38-36-14-12-10-8-6-4-2/h5,7,11,13,16-17,19-20,22-23,47-48,51-52H,3-4,6,8-10,12,14-15,18,21,24-46H2,1-2H3,(H,50,53)/b7-5-,13-11-,17-16-,20-19-,23-22-. The number of nitrogens with one attached hydrogen (secondary N) is 1. The van der Waals surface area contributed by atoms with Gasteiger partial charge in [0, 0.05) is 6.42 Å². The van der Waals surface area contributed by atoms with Gasteiger partial charge in [0.25, 0.3) is 0 Å². The molecule has 0 bridgehead atoms. The van der Waals surface area contributed by atoms with Gasteiger partial charge in [-0.2, -0.15) is 0 Å². The molecule has 1 amide bonds. The molecule has 0 fully saturated rings. The number of aliphatic hydroxyl groups is 2. The Morgan fingerprint density at radius 3 is 1.25 bits per heavy atom. The molecule has 0 saturated heterocycles. The molecule has 0 aliphatic rings. The Bertz CT molecular complexity index is 888. The van der Waals surface area contributed by atoms with Crippen molar-refractivity contribution in [2.24, 2.45) is 0 Å². The lowest BCUT2D eigenvalue weighted by Gasteiger charge is -2.22. The number of aliphatic hydroxyl groups excluding tert-OH is 2. The zero-order valence-corrected chi connectivity index (χ0v) is 35.3. The van der Waals surface area contributed by atoms with Crippen molar-refractivity contribution >= 4 is 5.91 Å². The summed E-state index contributed by atoms with van der Waals surface area (Å²) in [5.41, 5.74) is 0. The van der Waals surface area contributed by atoms with Crippen LogP contribution in [0.4, 0.5) is 0 Å². The lowest BCUT2D eigenvalue weighted by Crippen LogP contribution is -2.45. The minimum atomic E-state index is -0.658. The first-order chi connectivity index (χ1) is 26.2. The third-order valence-electron chi connectivity index (χ3n) is 10.3. The quantitative estimate of drug-likeness (QED) is 0.0432. The number of allylic oxidation sites excluding steroid dienone is 10. The molecule has 0 aromatic rings. The van der Waals surface area contributed by atoms with E-state index in [1.54, 1.807) is 0 Å². The molecule has 0 radical (unpaired) electrons. The van der Waals surface area contributed by atoms with E-state index in [1.165, 1.54) is 141 Å². The molecular weight excluding hydrogens is 651 g/mol. The largest absolute Gasteiger partial charge is 0.394 e. The highest BCUT2D eigenvalue weighted by Crippen LogP contribution is 2.16. The van der Waals surface area contributed by atoms with Crippen LogP contribution in [0.3, 0.4) is 0 Å². The van der Waals surface area contributed by atoms with Crippen molar-refractivity contribution in [1.29, 1.82) is 0 Å². The summed E-state index contributed by atoms with van der Waals surface area (Å²) in [7, 11) is 0. The van der Waals surface area contributed by atoms with Gasteiger partial charge in [0.15, 0.2) is 0 Å². The molecule has 0 aliphatic heterocycles. The molecule has 0 aromatic heterocycles. The van der Waals surface area contributed by atoms with Gasteiger partial charge in [-0.1, -0.05) is 222 Å². The van der Waals surface area contributed by atoms with Gasteiger partial charge < -0.3 is 15.5 Å². The van der Waals surface area contributed by atoms with Crippen LogP contribution >= 0.6 is 0 Å². The van der Waals surface area contributed by atoms with Crippen molar-refractivity contribution in [3.63, 3.8) is 0 Å². The molecule has 2 atom stereocenters. The molecule has 0 aliphatic carbocycles. The molecule has 4 nitrogen and oxygen atoms in total. The van der Waals surface area contributed by atoms with E-state index >= 15 is 0 Å². The molecule has 0 spiro atoms. The summed E-state index contributed by atoms with van der Waals surface area (Å²) >= 11 is 0. The molecule has 0 saturated carbocycles. The summed E-state index contributed by atoms with van der Waals surface area (Å²) < 4.78 is 0. The molecule has 308 valence electrons. The molecule has 0 aromatic carbocycles. The SMILES string of the molecule is CC/C=C\C/C=C\C/C=C\C/C=C\C/C=C\CCCCCCCCCCCCCCCCCC(=O)NC(CO)C(O)CCCCCCCCCCCC. The normalized spacial score (nSPS) is 13.5. The Hall–Kier alpha value is -1.91. The van der Waals surface area contributed by atoms with E-state index in [2.05, 4.69) is 79.9 Å². The van der Waals surface area contributed by atoms with Gasteiger partial charge in [0.1, 0.15) is 0 Å². The van der Waals surface area contributed by atoms with Crippen LogP contribution < -0.4 is 5.32 Å². The van der Waals surface area contributed by atoms with Crippen molar-refractivity contribution in [3.8, 4) is 0 Å². The number of carbonyl (C=O) groups is 1. The summed E-state index contributed by atoms with van der Waals surface area (Å²) in [5.74, 6) is -0.0347. The summed E-state index contributed by atoms with van der Waals surface area (Å²) in [6, 6.07) is -0.535. The summed E-state index contributed by atoms with van der Waals surface area (Å²) in [4.78, 5) is 12.4. The summed E-state index contributed by atoms with van der Waals surface area (Å²) in [6.45, 7) is 4.23. The molecule has 2 unspecified atom stereocenters. The zero-order valence-electron chi connectivity index (χ0n) is 35.3. The van der Waals surface area contributed by atoms with Gasteiger partial charge in [-0.15, -0.1) is 0 Å². The third-order valence-corrected chi connectivity index (χ3v) is 10.3. The van der Waals surface area contributed by atoms with Crippen molar-refractivity contribution in [2.75, 3.05) is 6.61 Å². The number of hydrogen-bond donors (Lipinski definition) is 3. The Kier molecular flexibility index (Phi) is 42.9. The Morgan fingerprint density at radius 1 is 0.472 bits per heavy atom. The van der Waals surface area contributed by atoms with Gasteiger partial charge in [0.05, 0.1) is 18.8 Å². The second-order valence-electron chi connectivity index (χ2n) is 15.4. The van der Waals surface area contributed by atoms with Gasteiger partial charge >= 0.3 is 0 Å². The maximum Gasteiger partial charge on any atom is 0.220 e. The first kappa shape index (κ1) is 51.1. The molecule has 0 heterocycles. The maximum atomic E-state index is 12.4. The van der Waals surface area contributed by atoms with E-state index in [0.717, 1.165) is 57.8 Å². The minimum Gasteiger partial charge on any atom is -0.394 e. The summed E-state index contributed by atoms with van der Waals surface area (Å²) in [6.07, 6.45) is 61.7. The number of hydrogen-bond acceptors (Lipinski definition) is 3. The van der Waals surface area contributed by atoms with Crippen LogP contribution in [0.1, 0.15) is 226 Å². The van der Waals surface area contributed by atoms with Crippen molar-refractivity contribution in [1.82, 2.24) is 5.32 Å². The predicted molar refractivity (Wildman–Crippen MR) is 234 cm³/mol. The van der Waals surface area contributed by atoms with Crippen molar-refractivity contribution in [2.45, 2.75) is 238 Å². The topological polar surface area (TPSA) is 69.6 Å². The predicted octanol–water partition coefficient (Wildman–Crippen LogP) is 14.5. The molecule has 3 N–H and O–H groups in total. The molecule has 53 heavy (non-hydrogen) atoms. The van der Waals surface area contributed by atoms with Crippen molar-refractivity contribution < 1.29 is 15.0 Å². The minimum absolute atomic E-state index is 0.0347. The first-order valence-corrected chi connectivity index (χ1v) is 23.0. The number of rotatable bonds is 41. The van der Waals surface area contributed by atoms with Gasteiger partial charge in [-0.25, -0.2) is 0 Å². The fourth-order valence-electron chi connectivity index (χ4n) is 6.80. The molecular formula is C49H89NO3. The van der Waals surface area contributed by atoms with Gasteiger partial charge in [0.2, 0.25) is 5.91 Å². The van der Waals surface area contributed by atoms with Crippen LogP contribution in [0.25, 0.3) is 0 Å². The highest BCUT2D eigenvalue weighted by atomic mass is 16.3. The second kappa shape index (κ2) is 44.5. The van der Waals surface area contributed by atoms with E-state index < -0.39 is 12.1 Å². The zero-order chi connectivity index (χ0) is 38.6. The number of carbonyl (C=O) groups excluding carboxylic acids is 1. The second-order valence-corrected chi connectivity index (χ2v) is 15.4.